The molecule has 9 rings (SSSR count). The highest BCUT2D eigenvalue weighted by molar-refractivity contribution is 6.07. The van der Waals surface area contributed by atoms with Crippen LogP contribution in [0.3, 0.4) is 0 Å². The summed E-state index contributed by atoms with van der Waals surface area (Å²) in [6.07, 6.45) is 1.48. The third kappa shape index (κ3) is 4.83. The molecule has 0 aromatic heterocycles. The standard InChI is InChI=1S/C47H32O4/c1-3-44(48)50-38-20-15-32-23-36(18-13-34(32)25-38)47(37-19-14-35-26-39(51-45(49)4-2)21-16-33(35)24-37)42-22-17-29-9-7-8-12-40(29)46(42)41-27-30-10-5-6-11-31(30)28-43(41)47/h3,5-28H,1,4H2,2H3. The molecule has 1 aliphatic carbocycles. The van der Waals surface area contributed by atoms with Crippen LogP contribution in [0, 0.1) is 0 Å². The molecule has 4 nitrogen and oxygen atoms in total. The fraction of sp³-hybridized carbons (Fsp3) is 0.0638. The first-order valence-electron chi connectivity index (χ1n) is 17.2. The monoisotopic (exact) mass is 660 g/mol. The minimum absolute atomic E-state index is 0.258. The number of carbonyl (C=O) groups excluding carboxylic acids is 2. The molecule has 0 fully saturated rings. The van der Waals surface area contributed by atoms with Crippen LogP contribution in [0.25, 0.3) is 54.2 Å². The van der Waals surface area contributed by atoms with Crippen LogP contribution in [-0.2, 0) is 15.0 Å². The summed E-state index contributed by atoms with van der Waals surface area (Å²) in [6, 6.07) is 51.3. The van der Waals surface area contributed by atoms with Gasteiger partial charge in [-0.25, -0.2) is 4.79 Å². The van der Waals surface area contributed by atoms with Crippen molar-refractivity contribution in [3.05, 3.63) is 181 Å². The molecule has 1 unspecified atom stereocenters. The zero-order chi connectivity index (χ0) is 34.7. The highest BCUT2D eigenvalue weighted by Crippen LogP contribution is 2.59. The van der Waals surface area contributed by atoms with Crippen molar-refractivity contribution in [3.63, 3.8) is 0 Å². The Bertz CT molecular complexity index is 2760. The second-order valence-corrected chi connectivity index (χ2v) is 13.1. The van der Waals surface area contributed by atoms with E-state index in [9.17, 15) is 9.59 Å². The number of fused-ring (bicyclic) bond motifs is 8. The number of benzene rings is 8. The van der Waals surface area contributed by atoms with Gasteiger partial charge in [0, 0.05) is 12.5 Å². The Kier molecular flexibility index (Phi) is 7.08. The van der Waals surface area contributed by atoms with Crippen molar-refractivity contribution in [2.75, 3.05) is 0 Å². The first-order valence-corrected chi connectivity index (χ1v) is 17.2. The van der Waals surface area contributed by atoms with E-state index in [0.29, 0.717) is 17.9 Å². The van der Waals surface area contributed by atoms with E-state index < -0.39 is 11.4 Å². The number of rotatable bonds is 6. The molecule has 0 radical (unpaired) electrons. The number of ether oxygens (including phenoxy) is 2. The average Bonchev–Trinajstić information content (AvgIpc) is 3.46. The predicted octanol–water partition coefficient (Wildman–Crippen LogP) is 11.1. The Morgan fingerprint density at radius 2 is 1.10 bits per heavy atom. The Hall–Kier alpha value is -6.52. The lowest BCUT2D eigenvalue weighted by Gasteiger charge is -2.34. The van der Waals surface area contributed by atoms with Gasteiger partial charge in [0.2, 0.25) is 0 Å². The molecule has 4 heteroatoms. The summed E-state index contributed by atoms with van der Waals surface area (Å²) in [5, 5.41) is 8.82. The van der Waals surface area contributed by atoms with Gasteiger partial charge in [-0.1, -0.05) is 111 Å². The lowest BCUT2D eigenvalue weighted by molar-refractivity contribution is -0.134. The van der Waals surface area contributed by atoms with Gasteiger partial charge in [0.1, 0.15) is 11.5 Å². The van der Waals surface area contributed by atoms with Crippen molar-refractivity contribution < 1.29 is 19.1 Å². The first-order chi connectivity index (χ1) is 25.0. The zero-order valence-electron chi connectivity index (χ0n) is 28.0. The molecule has 8 aromatic rings. The Balaban J connectivity index is 1.36. The van der Waals surface area contributed by atoms with E-state index in [1.54, 1.807) is 6.92 Å². The maximum Gasteiger partial charge on any atom is 0.335 e. The zero-order valence-corrected chi connectivity index (χ0v) is 28.0. The Labute approximate surface area is 295 Å². The number of hydrogen-bond acceptors (Lipinski definition) is 4. The third-order valence-corrected chi connectivity index (χ3v) is 10.3. The summed E-state index contributed by atoms with van der Waals surface area (Å²) in [5.41, 5.74) is 6.48. The van der Waals surface area contributed by atoms with E-state index in [4.69, 9.17) is 9.47 Å². The van der Waals surface area contributed by atoms with Crippen LogP contribution >= 0.6 is 0 Å². The van der Waals surface area contributed by atoms with Crippen molar-refractivity contribution in [3.8, 4) is 22.6 Å². The minimum Gasteiger partial charge on any atom is -0.427 e. The van der Waals surface area contributed by atoms with E-state index in [1.807, 2.05) is 36.4 Å². The lowest BCUT2D eigenvalue weighted by atomic mass is 9.67. The quantitative estimate of drug-likeness (QED) is 0.101. The van der Waals surface area contributed by atoms with Crippen molar-refractivity contribution >= 4 is 55.0 Å². The van der Waals surface area contributed by atoms with Crippen LogP contribution in [0.4, 0.5) is 0 Å². The highest BCUT2D eigenvalue weighted by Gasteiger charge is 2.47. The van der Waals surface area contributed by atoms with E-state index in [2.05, 4.69) is 116 Å². The van der Waals surface area contributed by atoms with E-state index in [-0.39, 0.29) is 5.97 Å². The van der Waals surface area contributed by atoms with Crippen LogP contribution in [0.5, 0.6) is 11.5 Å². The summed E-state index contributed by atoms with van der Waals surface area (Å²) in [7, 11) is 0. The molecule has 0 N–H and O–H groups in total. The predicted molar refractivity (Wildman–Crippen MR) is 206 cm³/mol. The molecular weight excluding hydrogens is 629 g/mol. The molecular formula is C47H32O4. The third-order valence-electron chi connectivity index (χ3n) is 10.3. The number of carbonyl (C=O) groups is 2. The van der Waals surface area contributed by atoms with Gasteiger partial charge < -0.3 is 9.47 Å². The molecule has 0 heterocycles. The van der Waals surface area contributed by atoms with Gasteiger partial charge in [0.25, 0.3) is 0 Å². The summed E-state index contributed by atoms with van der Waals surface area (Å²) < 4.78 is 11.0. The maximum absolute atomic E-state index is 12.1. The fourth-order valence-corrected chi connectivity index (χ4v) is 7.97. The Morgan fingerprint density at radius 1 is 0.569 bits per heavy atom. The maximum atomic E-state index is 12.1. The first kappa shape index (κ1) is 30.5. The molecule has 51 heavy (non-hydrogen) atoms. The second kappa shape index (κ2) is 11.8. The topological polar surface area (TPSA) is 52.6 Å². The smallest absolute Gasteiger partial charge is 0.335 e. The number of hydrogen-bond donors (Lipinski definition) is 0. The molecule has 0 bridgehead atoms. The fourth-order valence-electron chi connectivity index (χ4n) is 7.97. The molecule has 8 aromatic carbocycles. The molecule has 1 aliphatic rings. The largest absolute Gasteiger partial charge is 0.427 e. The Morgan fingerprint density at radius 3 is 1.75 bits per heavy atom. The van der Waals surface area contributed by atoms with E-state index >= 15 is 0 Å². The lowest BCUT2D eigenvalue weighted by Crippen LogP contribution is -2.28. The molecule has 0 spiro atoms. The van der Waals surface area contributed by atoms with Gasteiger partial charge in [0.15, 0.2) is 0 Å². The highest BCUT2D eigenvalue weighted by atomic mass is 16.5. The van der Waals surface area contributed by atoms with Gasteiger partial charge in [0.05, 0.1) is 5.41 Å². The summed E-state index contributed by atoms with van der Waals surface area (Å²) in [5.74, 6) is 0.267. The van der Waals surface area contributed by atoms with Crippen LogP contribution in [0.1, 0.15) is 35.6 Å². The molecule has 0 amide bonds. The average molecular weight is 661 g/mol. The summed E-state index contributed by atoms with van der Waals surface area (Å²) in [6.45, 7) is 5.32. The van der Waals surface area contributed by atoms with Crippen LogP contribution in [0.2, 0.25) is 0 Å². The van der Waals surface area contributed by atoms with Crippen molar-refractivity contribution in [1.29, 1.82) is 0 Å². The SMILES string of the molecule is C=CC(=O)Oc1ccc2cc(C3(c4ccc5cc(OC(=O)CC)ccc5c4)c4cc5ccccc5cc4-c4c3ccc3ccccc43)ccc2c1. The summed E-state index contributed by atoms with van der Waals surface area (Å²) >= 11 is 0. The van der Waals surface area contributed by atoms with Crippen LogP contribution < -0.4 is 9.47 Å². The second-order valence-electron chi connectivity index (χ2n) is 13.1. The summed E-state index contributed by atoms with van der Waals surface area (Å²) in [4.78, 5) is 24.1. The van der Waals surface area contributed by atoms with E-state index in [1.165, 1.54) is 49.9 Å². The molecule has 0 saturated carbocycles. The van der Waals surface area contributed by atoms with Gasteiger partial charge >= 0.3 is 11.9 Å². The normalized spacial score (nSPS) is 14.8. The molecule has 0 saturated heterocycles. The van der Waals surface area contributed by atoms with Gasteiger partial charge in [-0.2, -0.15) is 0 Å². The van der Waals surface area contributed by atoms with Crippen LogP contribution in [-0.4, -0.2) is 11.9 Å². The van der Waals surface area contributed by atoms with Gasteiger partial charge in [-0.15, -0.1) is 0 Å². The molecule has 1 atom stereocenters. The van der Waals surface area contributed by atoms with Gasteiger partial charge in [-0.05, 0) is 125 Å². The molecule has 244 valence electrons. The van der Waals surface area contributed by atoms with Crippen LogP contribution in [0.15, 0.2) is 158 Å². The minimum atomic E-state index is -0.678. The van der Waals surface area contributed by atoms with Crippen molar-refractivity contribution in [2.24, 2.45) is 0 Å². The van der Waals surface area contributed by atoms with Crippen molar-refractivity contribution in [2.45, 2.75) is 18.8 Å². The van der Waals surface area contributed by atoms with Gasteiger partial charge in [-0.3, -0.25) is 4.79 Å². The molecule has 0 aliphatic heterocycles. The van der Waals surface area contributed by atoms with Crippen molar-refractivity contribution in [1.82, 2.24) is 0 Å². The van der Waals surface area contributed by atoms with E-state index in [0.717, 1.165) is 32.7 Å². The number of esters is 2.